The molecule has 0 saturated carbocycles. The number of hydrogen-bond acceptors (Lipinski definition) is 4. The first-order valence-electron chi connectivity index (χ1n) is 11.7. The molecule has 1 atom stereocenters. The maximum atomic E-state index is 13.6. The van der Waals surface area contributed by atoms with Crippen molar-refractivity contribution in [1.29, 1.82) is 0 Å². The van der Waals surface area contributed by atoms with Gasteiger partial charge in [-0.15, -0.1) is 11.3 Å². The van der Waals surface area contributed by atoms with Crippen LogP contribution in [0.25, 0.3) is 0 Å². The van der Waals surface area contributed by atoms with E-state index in [1.54, 1.807) is 41.5 Å². The quantitative estimate of drug-likeness (QED) is 0.351. The normalized spacial score (nSPS) is 11.6. The minimum Gasteiger partial charge on any atom is -0.497 e. The lowest BCUT2D eigenvalue weighted by Crippen LogP contribution is -2.44. The molecule has 6 heteroatoms. The Morgan fingerprint density at radius 2 is 1.74 bits per heavy atom. The SMILES string of the molecule is CC[C@H](C)CN(CC(=O)N(Cc1ccccc1)Cc1ccc(C)s1)C(=O)c1cccc(OC)c1. The number of carbonyl (C=O) groups excluding carboxylic acids is 2. The van der Waals surface area contributed by atoms with Crippen LogP contribution in [0.4, 0.5) is 0 Å². The van der Waals surface area contributed by atoms with Gasteiger partial charge in [0, 0.05) is 28.4 Å². The van der Waals surface area contributed by atoms with Gasteiger partial charge in [-0.1, -0.05) is 56.7 Å². The largest absolute Gasteiger partial charge is 0.497 e. The van der Waals surface area contributed by atoms with Crippen molar-refractivity contribution in [2.75, 3.05) is 20.2 Å². The van der Waals surface area contributed by atoms with Crippen molar-refractivity contribution in [3.8, 4) is 5.75 Å². The van der Waals surface area contributed by atoms with E-state index in [-0.39, 0.29) is 24.3 Å². The van der Waals surface area contributed by atoms with Gasteiger partial charge in [-0.25, -0.2) is 0 Å². The predicted octanol–water partition coefficient (Wildman–Crippen LogP) is 5.78. The molecular formula is C28H34N2O3S. The van der Waals surface area contributed by atoms with Crippen molar-refractivity contribution < 1.29 is 14.3 Å². The Morgan fingerprint density at radius 1 is 0.971 bits per heavy atom. The van der Waals surface area contributed by atoms with Gasteiger partial charge in [-0.05, 0) is 48.7 Å². The van der Waals surface area contributed by atoms with Crippen molar-refractivity contribution in [2.45, 2.75) is 40.3 Å². The standard InChI is InChI=1S/C28H34N2O3S/c1-5-21(2)17-30(28(32)24-12-9-13-25(16-24)33-4)20-27(31)29(18-23-10-7-6-8-11-23)19-26-15-14-22(3)34-26/h6-16,21H,5,17-20H2,1-4H3/t21-/m0/s1. The van der Waals surface area contributed by atoms with Crippen LogP contribution in [0.15, 0.2) is 66.7 Å². The Morgan fingerprint density at radius 3 is 2.38 bits per heavy atom. The zero-order valence-electron chi connectivity index (χ0n) is 20.5. The van der Waals surface area contributed by atoms with Gasteiger partial charge in [0.1, 0.15) is 12.3 Å². The third-order valence-corrected chi connectivity index (χ3v) is 6.86. The van der Waals surface area contributed by atoms with Crippen molar-refractivity contribution in [2.24, 2.45) is 5.92 Å². The van der Waals surface area contributed by atoms with Crippen LogP contribution in [0.2, 0.25) is 0 Å². The number of benzene rings is 2. The van der Waals surface area contributed by atoms with Crippen LogP contribution < -0.4 is 4.74 Å². The minimum absolute atomic E-state index is 0.0393. The highest BCUT2D eigenvalue weighted by Crippen LogP contribution is 2.20. The summed E-state index contributed by atoms with van der Waals surface area (Å²) < 4.78 is 5.30. The molecule has 0 spiro atoms. The second kappa shape index (κ2) is 12.4. The molecule has 0 unspecified atom stereocenters. The lowest BCUT2D eigenvalue weighted by Gasteiger charge is -2.29. The Labute approximate surface area is 207 Å². The summed E-state index contributed by atoms with van der Waals surface area (Å²) in [4.78, 5) is 32.9. The highest BCUT2D eigenvalue weighted by atomic mass is 32.1. The molecule has 0 bridgehead atoms. The van der Waals surface area contributed by atoms with Gasteiger partial charge >= 0.3 is 0 Å². The van der Waals surface area contributed by atoms with E-state index in [1.165, 1.54) is 4.88 Å². The fraction of sp³-hybridized carbons (Fsp3) is 0.357. The molecule has 0 fully saturated rings. The summed E-state index contributed by atoms with van der Waals surface area (Å²) in [6, 6.07) is 21.2. The summed E-state index contributed by atoms with van der Waals surface area (Å²) in [5.41, 5.74) is 1.59. The van der Waals surface area contributed by atoms with Gasteiger partial charge < -0.3 is 14.5 Å². The maximum Gasteiger partial charge on any atom is 0.254 e. The van der Waals surface area contributed by atoms with Gasteiger partial charge in [0.05, 0.1) is 13.7 Å². The number of methoxy groups -OCH3 is 1. The molecule has 0 radical (unpaired) electrons. The third-order valence-electron chi connectivity index (χ3n) is 5.87. The number of carbonyl (C=O) groups is 2. The first-order chi connectivity index (χ1) is 16.4. The summed E-state index contributed by atoms with van der Waals surface area (Å²) in [5.74, 6) is 0.693. The van der Waals surface area contributed by atoms with Crippen molar-refractivity contribution in [1.82, 2.24) is 9.80 Å². The zero-order chi connectivity index (χ0) is 24.5. The van der Waals surface area contributed by atoms with Gasteiger partial charge in [0.2, 0.25) is 5.91 Å². The van der Waals surface area contributed by atoms with Crippen LogP contribution >= 0.6 is 11.3 Å². The molecule has 2 amide bonds. The van der Waals surface area contributed by atoms with Gasteiger partial charge in [0.15, 0.2) is 0 Å². The van der Waals surface area contributed by atoms with Gasteiger partial charge in [0.25, 0.3) is 5.91 Å². The molecule has 3 rings (SSSR count). The molecule has 0 aliphatic carbocycles. The van der Waals surface area contributed by atoms with E-state index >= 15 is 0 Å². The van der Waals surface area contributed by atoms with Crippen LogP contribution in [0.5, 0.6) is 5.75 Å². The lowest BCUT2D eigenvalue weighted by molar-refractivity contribution is -0.133. The number of nitrogens with zero attached hydrogens (tertiary/aromatic N) is 2. The van der Waals surface area contributed by atoms with E-state index in [1.807, 2.05) is 41.3 Å². The van der Waals surface area contributed by atoms with E-state index in [9.17, 15) is 9.59 Å². The van der Waals surface area contributed by atoms with E-state index in [0.717, 1.165) is 16.9 Å². The van der Waals surface area contributed by atoms with Crippen molar-refractivity contribution >= 4 is 23.2 Å². The van der Waals surface area contributed by atoms with Crippen molar-refractivity contribution in [3.63, 3.8) is 0 Å². The average Bonchev–Trinajstić information content (AvgIpc) is 3.27. The molecule has 1 aromatic heterocycles. The molecule has 1 heterocycles. The Kier molecular flexibility index (Phi) is 9.28. The summed E-state index contributed by atoms with van der Waals surface area (Å²) in [6.07, 6.45) is 0.929. The van der Waals surface area contributed by atoms with E-state index in [2.05, 4.69) is 32.9 Å². The monoisotopic (exact) mass is 478 g/mol. The third kappa shape index (κ3) is 7.19. The van der Waals surface area contributed by atoms with Crippen LogP contribution in [-0.2, 0) is 17.9 Å². The molecule has 180 valence electrons. The van der Waals surface area contributed by atoms with Crippen LogP contribution in [-0.4, -0.2) is 41.8 Å². The number of amides is 2. The number of rotatable bonds is 11. The predicted molar refractivity (Wildman–Crippen MR) is 138 cm³/mol. The summed E-state index contributed by atoms with van der Waals surface area (Å²) in [6.45, 7) is 7.86. The Balaban J connectivity index is 1.84. The minimum atomic E-state index is -0.154. The fourth-order valence-electron chi connectivity index (χ4n) is 3.72. The lowest BCUT2D eigenvalue weighted by atomic mass is 10.1. The molecular weight excluding hydrogens is 444 g/mol. The van der Waals surface area contributed by atoms with Crippen LogP contribution in [0.3, 0.4) is 0 Å². The second-order valence-corrected chi connectivity index (χ2v) is 10.1. The van der Waals surface area contributed by atoms with E-state index in [4.69, 9.17) is 4.74 Å². The molecule has 0 aliphatic heterocycles. The van der Waals surface area contributed by atoms with E-state index in [0.29, 0.717) is 30.9 Å². The molecule has 5 nitrogen and oxygen atoms in total. The van der Waals surface area contributed by atoms with Crippen molar-refractivity contribution in [3.05, 3.63) is 87.6 Å². The summed E-state index contributed by atoms with van der Waals surface area (Å²) in [7, 11) is 1.58. The first kappa shape index (κ1) is 25.5. The van der Waals surface area contributed by atoms with Crippen LogP contribution in [0, 0.1) is 12.8 Å². The number of hydrogen-bond donors (Lipinski definition) is 0. The smallest absolute Gasteiger partial charge is 0.254 e. The molecule has 3 aromatic rings. The Hall–Kier alpha value is -3.12. The molecule has 0 aliphatic rings. The average molecular weight is 479 g/mol. The van der Waals surface area contributed by atoms with Crippen LogP contribution in [0.1, 0.15) is 45.9 Å². The Bertz CT molecular complexity index is 1080. The number of thiophene rings is 1. The second-order valence-electron chi connectivity index (χ2n) is 8.68. The topological polar surface area (TPSA) is 49.9 Å². The molecule has 0 saturated heterocycles. The maximum absolute atomic E-state index is 13.6. The molecule has 34 heavy (non-hydrogen) atoms. The summed E-state index contributed by atoms with van der Waals surface area (Å²) in [5, 5.41) is 0. The first-order valence-corrected chi connectivity index (χ1v) is 12.5. The highest BCUT2D eigenvalue weighted by molar-refractivity contribution is 7.11. The summed E-state index contributed by atoms with van der Waals surface area (Å²) >= 11 is 1.70. The van der Waals surface area contributed by atoms with Gasteiger partial charge in [-0.3, -0.25) is 9.59 Å². The molecule has 0 N–H and O–H groups in total. The molecule has 2 aromatic carbocycles. The van der Waals surface area contributed by atoms with E-state index < -0.39 is 0 Å². The van der Waals surface area contributed by atoms with Gasteiger partial charge in [-0.2, -0.15) is 0 Å². The zero-order valence-corrected chi connectivity index (χ0v) is 21.3. The number of ether oxygens (including phenoxy) is 1. The fourth-order valence-corrected chi connectivity index (χ4v) is 4.63. The number of aryl methyl sites for hydroxylation is 1. The highest BCUT2D eigenvalue weighted by Gasteiger charge is 2.24.